The van der Waals surface area contributed by atoms with Gasteiger partial charge < -0.3 is 5.73 Å². The molecule has 2 N–H and O–H groups in total. The van der Waals surface area contributed by atoms with E-state index in [0.717, 1.165) is 17.8 Å². The minimum Gasteiger partial charge on any atom is -0.330 e. The first-order chi connectivity index (χ1) is 7.63. The third kappa shape index (κ3) is 2.41. The van der Waals surface area contributed by atoms with Crippen LogP contribution in [0.1, 0.15) is 34.5 Å². The zero-order valence-corrected chi connectivity index (χ0v) is 10.6. The maximum absolute atomic E-state index is 11.9. The summed E-state index contributed by atoms with van der Waals surface area (Å²) in [6, 6.07) is 0. The van der Waals surface area contributed by atoms with Crippen molar-refractivity contribution in [3.05, 3.63) is 10.0 Å². The van der Waals surface area contributed by atoms with E-state index in [9.17, 15) is 8.42 Å². The van der Waals surface area contributed by atoms with Crippen LogP contribution < -0.4 is 5.73 Å². The van der Waals surface area contributed by atoms with E-state index in [1.807, 2.05) is 0 Å². The first-order valence-corrected chi connectivity index (χ1v) is 7.90. The van der Waals surface area contributed by atoms with E-state index in [0.29, 0.717) is 24.4 Å². The lowest BCUT2D eigenvalue weighted by molar-refractivity contribution is 0.544. The Labute approximate surface area is 99.0 Å². The molecule has 0 bridgehead atoms. The van der Waals surface area contributed by atoms with Crippen molar-refractivity contribution in [2.24, 2.45) is 5.73 Å². The van der Waals surface area contributed by atoms with E-state index >= 15 is 0 Å². The van der Waals surface area contributed by atoms with Crippen molar-refractivity contribution in [3.8, 4) is 0 Å². The second-order valence-electron chi connectivity index (χ2n) is 3.92. The van der Waals surface area contributed by atoms with Crippen molar-refractivity contribution in [1.82, 2.24) is 10.2 Å². The SMILES string of the molecule is NCCc1nnc(C2CCCCS2(=O)=O)s1. The van der Waals surface area contributed by atoms with E-state index in [4.69, 9.17) is 5.73 Å². The van der Waals surface area contributed by atoms with Crippen molar-refractivity contribution >= 4 is 21.2 Å². The van der Waals surface area contributed by atoms with Gasteiger partial charge in [0.2, 0.25) is 0 Å². The first-order valence-electron chi connectivity index (χ1n) is 5.37. The molecule has 1 saturated heterocycles. The zero-order chi connectivity index (χ0) is 11.6. The molecule has 7 heteroatoms. The average Bonchev–Trinajstić information content (AvgIpc) is 2.66. The highest BCUT2D eigenvalue weighted by molar-refractivity contribution is 7.91. The molecule has 1 aromatic rings. The highest BCUT2D eigenvalue weighted by Gasteiger charge is 2.32. The summed E-state index contributed by atoms with van der Waals surface area (Å²) in [6.45, 7) is 0.520. The maximum Gasteiger partial charge on any atom is 0.159 e. The number of nitrogens with zero attached hydrogens (tertiary/aromatic N) is 2. The largest absolute Gasteiger partial charge is 0.330 e. The number of hydrogen-bond acceptors (Lipinski definition) is 6. The third-order valence-electron chi connectivity index (χ3n) is 2.69. The summed E-state index contributed by atoms with van der Waals surface area (Å²) in [5, 5.41) is 9.01. The first kappa shape index (κ1) is 11.9. The molecule has 1 aromatic heterocycles. The molecule has 90 valence electrons. The second kappa shape index (κ2) is 4.77. The number of hydrogen-bond donors (Lipinski definition) is 1. The minimum absolute atomic E-state index is 0.281. The lowest BCUT2D eigenvalue weighted by atomic mass is 10.2. The lowest BCUT2D eigenvalue weighted by Crippen LogP contribution is -2.21. The predicted molar refractivity (Wildman–Crippen MR) is 63.0 cm³/mol. The van der Waals surface area contributed by atoms with Gasteiger partial charge in [0.1, 0.15) is 15.3 Å². The van der Waals surface area contributed by atoms with E-state index in [1.165, 1.54) is 11.3 Å². The van der Waals surface area contributed by atoms with Gasteiger partial charge in [-0.15, -0.1) is 21.5 Å². The summed E-state index contributed by atoms with van der Waals surface area (Å²) in [7, 11) is -3.00. The fraction of sp³-hybridized carbons (Fsp3) is 0.778. The Balaban J connectivity index is 2.22. The summed E-state index contributed by atoms with van der Waals surface area (Å²) in [5.41, 5.74) is 5.42. The molecule has 2 rings (SSSR count). The average molecular weight is 261 g/mol. The maximum atomic E-state index is 11.9. The highest BCUT2D eigenvalue weighted by atomic mass is 32.2. The van der Waals surface area contributed by atoms with E-state index in [-0.39, 0.29) is 5.75 Å². The Kier molecular flexibility index (Phi) is 3.56. The van der Waals surface area contributed by atoms with Gasteiger partial charge in [0.15, 0.2) is 9.84 Å². The summed E-state index contributed by atoms with van der Waals surface area (Å²) >= 11 is 1.38. The normalized spacial score (nSPS) is 24.4. The molecule has 0 saturated carbocycles. The van der Waals surface area contributed by atoms with Crippen LogP contribution in [0.25, 0.3) is 0 Å². The van der Waals surface area contributed by atoms with Crippen molar-refractivity contribution in [2.45, 2.75) is 30.9 Å². The zero-order valence-electron chi connectivity index (χ0n) is 8.92. The van der Waals surface area contributed by atoms with Crippen LogP contribution in [-0.2, 0) is 16.3 Å². The van der Waals surface area contributed by atoms with Crippen LogP contribution in [-0.4, -0.2) is 30.9 Å². The summed E-state index contributed by atoms with van der Waals surface area (Å²) in [5.74, 6) is 0.281. The van der Waals surface area contributed by atoms with E-state index in [2.05, 4.69) is 10.2 Å². The van der Waals surface area contributed by atoms with Crippen molar-refractivity contribution in [3.63, 3.8) is 0 Å². The molecular formula is C9H15N3O2S2. The van der Waals surface area contributed by atoms with Crippen molar-refractivity contribution in [2.75, 3.05) is 12.3 Å². The van der Waals surface area contributed by atoms with Crippen LogP contribution in [0.3, 0.4) is 0 Å². The minimum atomic E-state index is -3.00. The topological polar surface area (TPSA) is 85.9 Å². The molecule has 0 amide bonds. The summed E-state index contributed by atoms with van der Waals surface area (Å²) in [6.07, 6.45) is 3.08. The van der Waals surface area contributed by atoms with E-state index < -0.39 is 15.1 Å². The molecule has 5 nitrogen and oxygen atoms in total. The van der Waals surface area contributed by atoms with Gasteiger partial charge in [0.05, 0.1) is 5.75 Å². The summed E-state index contributed by atoms with van der Waals surface area (Å²) < 4.78 is 23.7. The fourth-order valence-corrected chi connectivity index (χ4v) is 5.08. The monoisotopic (exact) mass is 261 g/mol. The van der Waals surface area contributed by atoms with Gasteiger partial charge in [-0.25, -0.2) is 8.42 Å². The van der Waals surface area contributed by atoms with Gasteiger partial charge in [0, 0.05) is 6.42 Å². The molecule has 16 heavy (non-hydrogen) atoms. The molecule has 2 heterocycles. The Morgan fingerprint density at radius 2 is 2.19 bits per heavy atom. The molecule has 0 radical (unpaired) electrons. The Hall–Kier alpha value is -0.530. The Bertz CT molecular complexity index is 455. The van der Waals surface area contributed by atoms with Crippen LogP contribution in [0.2, 0.25) is 0 Å². The highest BCUT2D eigenvalue weighted by Crippen LogP contribution is 2.34. The van der Waals surface area contributed by atoms with Crippen LogP contribution in [0, 0.1) is 0 Å². The number of sulfone groups is 1. The molecule has 1 aliphatic heterocycles. The van der Waals surface area contributed by atoms with Gasteiger partial charge in [-0.1, -0.05) is 6.42 Å². The van der Waals surface area contributed by atoms with Gasteiger partial charge >= 0.3 is 0 Å². The van der Waals surface area contributed by atoms with Gasteiger partial charge in [-0.3, -0.25) is 0 Å². The third-order valence-corrected chi connectivity index (χ3v) is 6.12. The summed E-state index contributed by atoms with van der Waals surface area (Å²) in [4.78, 5) is 0. The second-order valence-corrected chi connectivity index (χ2v) is 7.32. The van der Waals surface area contributed by atoms with Crippen LogP contribution >= 0.6 is 11.3 Å². The fourth-order valence-electron chi connectivity index (χ4n) is 1.85. The lowest BCUT2D eigenvalue weighted by Gasteiger charge is -2.19. The van der Waals surface area contributed by atoms with Crippen LogP contribution in [0.5, 0.6) is 0 Å². The molecular weight excluding hydrogens is 246 g/mol. The molecule has 0 aromatic carbocycles. The molecule has 1 atom stereocenters. The molecule has 1 aliphatic rings. The standard InChI is InChI=1S/C9H15N3O2S2/c10-5-4-8-11-12-9(15-8)7-3-1-2-6-16(7,13)14/h7H,1-6,10H2. The van der Waals surface area contributed by atoms with Crippen LogP contribution in [0.4, 0.5) is 0 Å². The molecule has 0 spiro atoms. The van der Waals surface area contributed by atoms with E-state index in [1.54, 1.807) is 0 Å². The Morgan fingerprint density at radius 1 is 1.38 bits per heavy atom. The smallest absolute Gasteiger partial charge is 0.159 e. The Morgan fingerprint density at radius 3 is 2.88 bits per heavy atom. The van der Waals surface area contributed by atoms with Crippen LogP contribution in [0.15, 0.2) is 0 Å². The van der Waals surface area contributed by atoms with Crippen molar-refractivity contribution in [1.29, 1.82) is 0 Å². The number of nitrogens with two attached hydrogens (primary N) is 1. The van der Waals surface area contributed by atoms with Gasteiger partial charge in [-0.2, -0.15) is 0 Å². The predicted octanol–water partition coefficient (Wildman–Crippen LogP) is 0.679. The quantitative estimate of drug-likeness (QED) is 0.864. The van der Waals surface area contributed by atoms with Gasteiger partial charge in [0.25, 0.3) is 0 Å². The molecule has 0 aliphatic carbocycles. The molecule has 1 fully saturated rings. The molecule has 1 unspecified atom stereocenters. The van der Waals surface area contributed by atoms with Gasteiger partial charge in [-0.05, 0) is 19.4 Å². The number of rotatable bonds is 3. The van der Waals surface area contributed by atoms with Crippen molar-refractivity contribution < 1.29 is 8.42 Å². The number of aromatic nitrogens is 2.